The number of nitrogens with zero attached hydrogens (tertiary/aromatic N) is 3. The largest absolute Gasteiger partial charge is 0.342 e. The number of hydrogen-bond donors (Lipinski definition) is 1. The molecule has 1 saturated heterocycles. The number of thiazole rings is 1. The first-order chi connectivity index (χ1) is 13.6. The smallest absolute Gasteiger partial charge is 0.226 e. The van der Waals surface area contributed by atoms with Crippen molar-refractivity contribution in [2.24, 2.45) is 5.92 Å². The van der Waals surface area contributed by atoms with Crippen LogP contribution in [0.2, 0.25) is 0 Å². The highest BCUT2D eigenvalue weighted by Gasteiger charge is 2.29. The maximum atomic E-state index is 12.7. The molecule has 0 saturated carbocycles. The van der Waals surface area contributed by atoms with E-state index in [9.17, 15) is 4.79 Å². The molecule has 1 atom stereocenters. The molecule has 6 heteroatoms. The van der Waals surface area contributed by atoms with Crippen molar-refractivity contribution in [2.75, 3.05) is 18.4 Å². The van der Waals surface area contributed by atoms with Gasteiger partial charge in [-0.3, -0.25) is 4.79 Å². The Morgan fingerprint density at radius 2 is 1.96 bits per heavy atom. The summed E-state index contributed by atoms with van der Waals surface area (Å²) in [4.78, 5) is 25.4. The number of aryl methyl sites for hydroxylation is 2. The molecule has 1 unspecified atom stereocenters. The van der Waals surface area contributed by atoms with Crippen LogP contribution in [0.15, 0.2) is 30.4 Å². The highest BCUT2D eigenvalue weighted by atomic mass is 32.1. The van der Waals surface area contributed by atoms with E-state index in [0.29, 0.717) is 11.8 Å². The van der Waals surface area contributed by atoms with Gasteiger partial charge in [-0.2, -0.15) is 0 Å². The first-order valence-electron chi connectivity index (χ1n) is 10.2. The van der Waals surface area contributed by atoms with Gasteiger partial charge in [0, 0.05) is 35.5 Å². The zero-order chi connectivity index (χ0) is 19.5. The van der Waals surface area contributed by atoms with Crippen molar-refractivity contribution >= 4 is 28.2 Å². The maximum Gasteiger partial charge on any atom is 0.226 e. The molecule has 2 aromatic heterocycles. The molecule has 1 aliphatic carbocycles. The fourth-order valence-electron chi connectivity index (χ4n) is 4.06. The van der Waals surface area contributed by atoms with E-state index in [1.54, 1.807) is 11.3 Å². The van der Waals surface area contributed by atoms with Crippen LogP contribution in [0.25, 0.3) is 0 Å². The van der Waals surface area contributed by atoms with Gasteiger partial charge in [0.15, 0.2) is 5.13 Å². The number of aromatic nitrogens is 2. The van der Waals surface area contributed by atoms with Gasteiger partial charge in [-0.1, -0.05) is 18.2 Å². The molecule has 5 nitrogen and oxygen atoms in total. The standard InChI is InChI=1S/C22H28N4OS/c1-15-16(2)28-22(23-15)25-20-10-6-9-19(24-20)17-11-13-26(14-12-17)21(27)18-7-4-3-5-8-18/h3-4,6,9-10,17-18H,5,7-8,11-14H2,1-2H3,(H,23,24,25). The summed E-state index contributed by atoms with van der Waals surface area (Å²) in [5.74, 6) is 1.80. The van der Waals surface area contributed by atoms with Crippen molar-refractivity contribution in [3.05, 3.63) is 46.6 Å². The summed E-state index contributed by atoms with van der Waals surface area (Å²) in [5, 5.41) is 4.23. The lowest BCUT2D eigenvalue weighted by molar-refractivity contribution is -0.136. The van der Waals surface area contributed by atoms with Gasteiger partial charge in [0.25, 0.3) is 0 Å². The molecule has 1 N–H and O–H groups in total. The third-order valence-electron chi connectivity index (χ3n) is 5.88. The third-order valence-corrected chi connectivity index (χ3v) is 6.87. The Bertz CT molecular complexity index is 848. The Balaban J connectivity index is 1.36. The van der Waals surface area contributed by atoms with Crippen molar-refractivity contribution in [2.45, 2.75) is 51.9 Å². The van der Waals surface area contributed by atoms with Gasteiger partial charge < -0.3 is 10.2 Å². The number of piperidine rings is 1. The van der Waals surface area contributed by atoms with Crippen molar-refractivity contribution in [3.8, 4) is 0 Å². The third kappa shape index (κ3) is 4.27. The minimum absolute atomic E-state index is 0.192. The Morgan fingerprint density at radius 1 is 1.14 bits per heavy atom. The summed E-state index contributed by atoms with van der Waals surface area (Å²) >= 11 is 1.66. The Hall–Kier alpha value is -2.21. The number of nitrogens with one attached hydrogen (secondary N) is 1. The summed E-state index contributed by atoms with van der Waals surface area (Å²) in [5.41, 5.74) is 2.18. The topological polar surface area (TPSA) is 58.1 Å². The van der Waals surface area contributed by atoms with E-state index < -0.39 is 0 Å². The Morgan fingerprint density at radius 3 is 2.64 bits per heavy atom. The zero-order valence-electron chi connectivity index (χ0n) is 16.6. The van der Waals surface area contributed by atoms with Gasteiger partial charge >= 0.3 is 0 Å². The molecule has 0 aromatic carbocycles. The van der Waals surface area contributed by atoms with Crippen LogP contribution in [0.3, 0.4) is 0 Å². The van der Waals surface area contributed by atoms with Gasteiger partial charge in [0.1, 0.15) is 5.82 Å². The predicted molar refractivity (Wildman–Crippen MR) is 114 cm³/mol. The van der Waals surface area contributed by atoms with Crippen LogP contribution in [-0.2, 0) is 4.79 Å². The minimum atomic E-state index is 0.192. The Labute approximate surface area is 170 Å². The lowest BCUT2D eigenvalue weighted by atomic mass is 9.89. The van der Waals surface area contributed by atoms with Gasteiger partial charge in [-0.05, 0) is 58.1 Å². The molecular weight excluding hydrogens is 368 g/mol. The number of carbonyl (C=O) groups excluding carboxylic acids is 1. The average Bonchev–Trinajstić information content (AvgIpc) is 3.05. The van der Waals surface area contributed by atoms with Crippen molar-refractivity contribution in [3.63, 3.8) is 0 Å². The van der Waals surface area contributed by atoms with E-state index in [0.717, 1.165) is 67.5 Å². The highest BCUT2D eigenvalue weighted by molar-refractivity contribution is 7.15. The van der Waals surface area contributed by atoms with E-state index in [2.05, 4.69) is 46.4 Å². The molecule has 28 heavy (non-hydrogen) atoms. The second-order valence-corrected chi connectivity index (χ2v) is 9.02. The first-order valence-corrected chi connectivity index (χ1v) is 11.0. The van der Waals surface area contributed by atoms with Crippen LogP contribution in [0, 0.1) is 19.8 Å². The number of rotatable bonds is 4. The maximum absolute atomic E-state index is 12.7. The number of likely N-dealkylation sites (tertiary alicyclic amines) is 1. The van der Waals surface area contributed by atoms with Crippen LogP contribution >= 0.6 is 11.3 Å². The number of hydrogen-bond acceptors (Lipinski definition) is 5. The number of carbonyl (C=O) groups is 1. The van der Waals surface area contributed by atoms with Gasteiger partial charge in [0.2, 0.25) is 5.91 Å². The molecule has 1 aliphatic heterocycles. The molecule has 148 valence electrons. The SMILES string of the molecule is Cc1nc(Nc2cccc(C3CCN(C(=O)C4CC=CCC4)CC3)n2)sc1C. The van der Waals surface area contributed by atoms with Crippen molar-refractivity contribution < 1.29 is 4.79 Å². The van der Waals surface area contributed by atoms with Crippen molar-refractivity contribution in [1.29, 1.82) is 0 Å². The number of pyridine rings is 1. The van der Waals surface area contributed by atoms with E-state index in [-0.39, 0.29) is 5.92 Å². The number of anilines is 2. The molecule has 1 fully saturated rings. The summed E-state index contributed by atoms with van der Waals surface area (Å²) in [6.07, 6.45) is 9.27. The quantitative estimate of drug-likeness (QED) is 0.742. The molecule has 1 amide bonds. The number of amides is 1. The van der Waals surface area contributed by atoms with Gasteiger partial charge in [0.05, 0.1) is 5.69 Å². The second-order valence-electron chi connectivity index (χ2n) is 7.81. The fourth-order valence-corrected chi connectivity index (χ4v) is 4.88. The molecule has 4 rings (SSSR count). The lowest BCUT2D eigenvalue weighted by Gasteiger charge is -2.34. The highest BCUT2D eigenvalue weighted by Crippen LogP contribution is 2.31. The molecule has 3 heterocycles. The van der Waals surface area contributed by atoms with E-state index in [4.69, 9.17) is 4.98 Å². The zero-order valence-corrected chi connectivity index (χ0v) is 17.5. The molecule has 0 bridgehead atoms. The van der Waals surface area contributed by atoms with Gasteiger partial charge in [-0.25, -0.2) is 9.97 Å². The summed E-state index contributed by atoms with van der Waals surface area (Å²) in [6, 6.07) is 6.16. The lowest BCUT2D eigenvalue weighted by Crippen LogP contribution is -2.41. The monoisotopic (exact) mass is 396 g/mol. The summed E-state index contributed by atoms with van der Waals surface area (Å²) < 4.78 is 0. The molecular formula is C22H28N4OS. The Kier molecular flexibility index (Phi) is 5.76. The van der Waals surface area contributed by atoms with Crippen LogP contribution in [0.4, 0.5) is 10.9 Å². The molecule has 2 aromatic rings. The molecule has 2 aliphatic rings. The predicted octanol–water partition coefficient (Wildman–Crippen LogP) is 4.96. The minimum Gasteiger partial charge on any atom is -0.342 e. The fraction of sp³-hybridized carbons (Fsp3) is 0.500. The molecule has 0 spiro atoms. The van der Waals surface area contributed by atoms with Gasteiger partial charge in [-0.15, -0.1) is 11.3 Å². The van der Waals surface area contributed by atoms with E-state index >= 15 is 0 Å². The van der Waals surface area contributed by atoms with Crippen LogP contribution < -0.4 is 5.32 Å². The number of allylic oxidation sites excluding steroid dienone is 2. The first kappa shape index (κ1) is 19.1. The van der Waals surface area contributed by atoms with Crippen LogP contribution in [0.1, 0.15) is 54.3 Å². The van der Waals surface area contributed by atoms with Crippen LogP contribution in [0.5, 0.6) is 0 Å². The second kappa shape index (κ2) is 8.43. The van der Waals surface area contributed by atoms with Crippen molar-refractivity contribution in [1.82, 2.24) is 14.9 Å². The summed E-state index contributed by atoms with van der Waals surface area (Å²) in [7, 11) is 0. The van der Waals surface area contributed by atoms with Crippen LogP contribution in [-0.4, -0.2) is 33.9 Å². The molecule has 0 radical (unpaired) electrons. The average molecular weight is 397 g/mol. The summed E-state index contributed by atoms with van der Waals surface area (Å²) in [6.45, 7) is 5.79. The van der Waals surface area contributed by atoms with E-state index in [1.807, 2.05) is 13.0 Å². The normalized spacial score (nSPS) is 20.4. The van der Waals surface area contributed by atoms with E-state index in [1.165, 1.54) is 4.88 Å².